The monoisotopic (exact) mass is 306 g/mol. The Hall–Kier alpha value is -2.57. The van der Waals surface area contributed by atoms with Crippen LogP contribution in [0.15, 0.2) is 24.3 Å². The number of amides is 2. The van der Waals surface area contributed by atoms with E-state index in [4.69, 9.17) is 9.84 Å². The van der Waals surface area contributed by atoms with Crippen LogP contribution >= 0.6 is 0 Å². The smallest absolute Gasteiger partial charge is 0.303 e. The normalized spacial score (nSPS) is 13.3. The van der Waals surface area contributed by atoms with Crippen molar-refractivity contribution >= 4 is 23.5 Å². The maximum Gasteiger partial charge on any atom is 0.303 e. The number of benzene rings is 1. The number of para-hydroxylation sites is 2. The number of carboxylic acid groups (broad SMARTS) is 1. The predicted octanol–water partition coefficient (Wildman–Crippen LogP) is 0.783. The fourth-order valence-electron chi connectivity index (χ4n) is 2.17. The lowest BCUT2D eigenvalue weighted by Crippen LogP contribution is -2.41. The molecule has 0 bridgehead atoms. The van der Waals surface area contributed by atoms with E-state index < -0.39 is 5.97 Å². The van der Waals surface area contributed by atoms with Crippen LogP contribution in [0.5, 0.6) is 5.75 Å². The van der Waals surface area contributed by atoms with E-state index in [-0.39, 0.29) is 37.8 Å². The number of rotatable bonds is 7. The zero-order chi connectivity index (χ0) is 15.9. The van der Waals surface area contributed by atoms with Gasteiger partial charge < -0.3 is 20.1 Å². The van der Waals surface area contributed by atoms with E-state index in [0.29, 0.717) is 24.4 Å². The number of nitrogens with zero attached hydrogens (tertiary/aromatic N) is 1. The second-order valence-corrected chi connectivity index (χ2v) is 4.90. The molecule has 1 aromatic rings. The van der Waals surface area contributed by atoms with Crippen LogP contribution in [-0.2, 0) is 14.4 Å². The fourth-order valence-corrected chi connectivity index (χ4v) is 2.17. The van der Waals surface area contributed by atoms with Gasteiger partial charge in [0.1, 0.15) is 5.75 Å². The van der Waals surface area contributed by atoms with Gasteiger partial charge in [-0.15, -0.1) is 0 Å². The molecule has 0 fully saturated rings. The average Bonchev–Trinajstić information content (AvgIpc) is 2.50. The maximum atomic E-state index is 11.9. The SMILES string of the molecule is O=C(O)CCCNC(=O)CCN1C(=O)COc2ccccc21. The number of carboxylic acids is 1. The Bertz CT molecular complexity index is 573. The molecule has 7 heteroatoms. The highest BCUT2D eigenvalue weighted by Crippen LogP contribution is 2.31. The molecule has 0 saturated heterocycles. The summed E-state index contributed by atoms with van der Waals surface area (Å²) in [5.41, 5.74) is 0.664. The van der Waals surface area contributed by atoms with Gasteiger partial charge in [0.2, 0.25) is 5.91 Å². The molecule has 2 N–H and O–H groups in total. The van der Waals surface area contributed by atoms with Crippen LogP contribution in [-0.4, -0.2) is 42.6 Å². The predicted molar refractivity (Wildman–Crippen MR) is 78.8 cm³/mol. The van der Waals surface area contributed by atoms with Gasteiger partial charge in [0.25, 0.3) is 5.91 Å². The quantitative estimate of drug-likeness (QED) is 0.726. The Kier molecular flexibility index (Phi) is 5.35. The van der Waals surface area contributed by atoms with Crippen LogP contribution in [0.1, 0.15) is 19.3 Å². The molecular weight excluding hydrogens is 288 g/mol. The van der Waals surface area contributed by atoms with Crippen molar-refractivity contribution in [2.45, 2.75) is 19.3 Å². The molecule has 1 heterocycles. The van der Waals surface area contributed by atoms with Crippen molar-refractivity contribution in [3.63, 3.8) is 0 Å². The molecule has 0 spiro atoms. The summed E-state index contributed by atoms with van der Waals surface area (Å²) in [7, 11) is 0. The number of carbonyl (C=O) groups excluding carboxylic acids is 2. The van der Waals surface area contributed by atoms with Crippen molar-refractivity contribution in [2.24, 2.45) is 0 Å². The van der Waals surface area contributed by atoms with E-state index in [9.17, 15) is 14.4 Å². The van der Waals surface area contributed by atoms with E-state index in [0.717, 1.165) is 0 Å². The third-order valence-corrected chi connectivity index (χ3v) is 3.26. The molecule has 0 unspecified atom stereocenters. The zero-order valence-electron chi connectivity index (χ0n) is 12.1. The van der Waals surface area contributed by atoms with Gasteiger partial charge in [-0.3, -0.25) is 14.4 Å². The largest absolute Gasteiger partial charge is 0.482 e. The Morgan fingerprint density at radius 1 is 1.27 bits per heavy atom. The van der Waals surface area contributed by atoms with Crippen molar-refractivity contribution in [2.75, 3.05) is 24.6 Å². The molecule has 22 heavy (non-hydrogen) atoms. The molecule has 7 nitrogen and oxygen atoms in total. The van der Waals surface area contributed by atoms with Crippen LogP contribution in [0.2, 0.25) is 0 Å². The molecule has 0 aromatic heterocycles. The molecule has 0 aliphatic carbocycles. The van der Waals surface area contributed by atoms with Crippen molar-refractivity contribution < 1.29 is 24.2 Å². The van der Waals surface area contributed by atoms with E-state index in [2.05, 4.69) is 5.32 Å². The molecule has 1 aliphatic heterocycles. The first-order valence-corrected chi connectivity index (χ1v) is 7.08. The number of hydrogen-bond acceptors (Lipinski definition) is 4. The van der Waals surface area contributed by atoms with Gasteiger partial charge in [0.15, 0.2) is 6.61 Å². The minimum Gasteiger partial charge on any atom is -0.482 e. The molecular formula is C15H18N2O5. The lowest BCUT2D eigenvalue weighted by atomic mass is 10.2. The van der Waals surface area contributed by atoms with E-state index in [1.807, 2.05) is 6.07 Å². The number of carbonyl (C=O) groups is 3. The van der Waals surface area contributed by atoms with Crippen LogP contribution in [0.4, 0.5) is 5.69 Å². The van der Waals surface area contributed by atoms with E-state index in [1.54, 1.807) is 18.2 Å². The second kappa shape index (κ2) is 7.44. The number of anilines is 1. The molecule has 1 aromatic carbocycles. The minimum absolute atomic E-state index is 0.0234. The third-order valence-electron chi connectivity index (χ3n) is 3.26. The molecule has 2 amide bonds. The number of ether oxygens (including phenoxy) is 1. The molecule has 2 rings (SSSR count). The topological polar surface area (TPSA) is 95.9 Å². The summed E-state index contributed by atoms with van der Waals surface area (Å²) in [6, 6.07) is 7.18. The molecule has 0 saturated carbocycles. The van der Waals surface area contributed by atoms with Crippen LogP contribution < -0.4 is 15.0 Å². The lowest BCUT2D eigenvalue weighted by molar-refractivity contribution is -0.137. The van der Waals surface area contributed by atoms with Crippen molar-refractivity contribution in [1.29, 1.82) is 0 Å². The van der Waals surface area contributed by atoms with E-state index in [1.165, 1.54) is 4.90 Å². The van der Waals surface area contributed by atoms with Crippen molar-refractivity contribution in [3.05, 3.63) is 24.3 Å². The molecule has 0 radical (unpaired) electrons. The van der Waals surface area contributed by atoms with Crippen LogP contribution in [0.25, 0.3) is 0 Å². The summed E-state index contributed by atoms with van der Waals surface area (Å²) >= 11 is 0. The minimum atomic E-state index is -0.884. The number of fused-ring (bicyclic) bond motifs is 1. The van der Waals surface area contributed by atoms with Gasteiger partial charge in [0, 0.05) is 25.9 Å². The zero-order valence-corrected chi connectivity index (χ0v) is 12.1. The van der Waals surface area contributed by atoms with Gasteiger partial charge in [-0.25, -0.2) is 0 Å². The van der Waals surface area contributed by atoms with Gasteiger partial charge >= 0.3 is 5.97 Å². The first-order valence-electron chi connectivity index (χ1n) is 7.08. The Balaban J connectivity index is 1.82. The number of nitrogens with one attached hydrogen (secondary N) is 1. The van der Waals surface area contributed by atoms with Gasteiger partial charge in [-0.1, -0.05) is 12.1 Å². The molecule has 1 aliphatic rings. The second-order valence-electron chi connectivity index (χ2n) is 4.90. The van der Waals surface area contributed by atoms with Crippen LogP contribution in [0.3, 0.4) is 0 Å². The van der Waals surface area contributed by atoms with Gasteiger partial charge in [-0.2, -0.15) is 0 Å². The lowest BCUT2D eigenvalue weighted by Gasteiger charge is -2.29. The van der Waals surface area contributed by atoms with Crippen LogP contribution in [0, 0.1) is 0 Å². The first-order chi connectivity index (χ1) is 10.6. The summed E-state index contributed by atoms with van der Waals surface area (Å²) in [6.45, 7) is 0.556. The maximum absolute atomic E-state index is 11.9. The highest BCUT2D eigenvalue weighted by Gasteiger charge is 2.25. The van der Waals surface area contributed by atoms with Crippen molar-refractivity contribution in [3.8, 4) is 5.75 Å². The first kappa shape index (κ1) is 15.8. The Morgan fingerprint density at radius 3 is 2.82 bits per heavy atom. The molecule has 118 valence electrons. The van der Waals surface area contributed by atoms with Gasteiger partial charge in [-0.05, 0) is 18.6 Å². The van der Waals surface area contributed by atoms with Crippen molar-refractivity contribution in [1.82, 2.24) is 5.32 Å². The van der Waals surface area contributed by atoms with Gasteiger partial charge in [0.05, 0.1) is 5.69 Å². The summed E-state index contributed by atoms with van der Waals surface area (Å²) < 4.78 is 5.33. The number of hydrogen-bond donors (Lipinski definition) is 2. The van der Waals surface area contributed by atoms with E-state index >= 15 is 0 Å². The highest BCUT2D eigenvalue weighted by molar-refractivity contribution is 5.98. The summed E-state index contributed by atoms with van der Waals surface area (Å²) in [5.74, 6) is -0.645. The third kappa shape index (κ3) is 4.21. The molecule has 0 atom stereocenters. The summed E-state index contributed by atoms with van der Waals surface area (Å²) in [4.78, 5) is 35.5. The average molecular weight is 306 g/mol. The summed E-state index contributed by atoms with van der Waals surface area (Å²) in [5, 5.41) is 11.2. The fraction of sp³-hybridized carbons (Fsp3) is 0.400. The highest BCUT2D eigenvalue weighted by atomic mass is 16.5. The summed E-state index contributed by atoms with van der Waals surface area (Å²) in [6.07, 6.45) is 0.573. The Morgan fingerprint density at radius 2 is 2.05 bits per heavy atom. The Labute approximate surface area is 127 Å². The standard InChI is InChI=1S/C15H18N2O5/c18-13(16-8-3-6-15(20)21)7-9-17-11-4-1-2-5-12(11)22-10-14(17)19/h1-2,4-5H,3,6-10H2,(H,16,18)(H,20,21). The number of aliphatic carboxylic acids is 1.